The number of ether oxygens (including phenoxy) is 1. The molecule has 1 aromatic rings. The maximum atomic E-state index is 9.82. The molecular formula is C15H25ClN2O2. The molecule has 1 aromatic carbocycles. The third kappa shape index (κ3) is 7.10. The van der Waals surface area contributed by atoms with Crippen molar-refractivity contribution in [2.75, 3.05) is 39.3 Å². The quantitative estimate of drug-likeness (QED) is 0.649. The minimum Gasteiger partial charge on any atom is -0.491 e. The third-order valence-electron chi connectivity index (χ3n) is 3.14. The average Bonchev–Trinajstić information content (AvgIpc) is 2.47. The zero-order chi connectivity index (χ0) is 14.8. The van der Waals surface area contributed by atoms with Crippen LogP contribution in [0, 0.1) is 0 Å². The van der Waals surface area contributed by atoms with Crippen LogP contribution in [0.4, 0.5) is 0 Å². The molecule has 0 amide bonds. The first-order valence-electron chi connectivity index (χ1n) is 7.15. The first kappa shape index (κ1) is 17.2. The van der Waals surface area contributed by atoms with E-state index in [1.54, 1.807) is 24.3 Å². The van der Waals surface area contributed by atoms with Crippen molar-refractivity contribution >= 4 is 11.6 Å². The molecule has 2 N–H and O–H groups in total. The lowest BCUT2D eigenvalue weighted by atomic mass is 10.3. The number of rotatable bonds is 10. The molecule has 0 bridgehead atoms. The van der Waals surface area contributed by atoms with Gasteiger partial charge in [0.25, 0.3) is 0 Å². The minimum atomic E-state index is -0.512. The van der Waals surface area contributed by atoms with Crippen molar-refractivity contribution < 1.29 is 9.84 Å². The Labute approximate surface area is 126 Å². The number of nitrogens with one attached hydrogen (secondary N) is 1. The average molecular weight is 301 g/mol. The van der Waals surface area contributed by atoms with E-state index in [4.69, 9.17) is 16.3 Å². The van der Waals surface area contributed by atoms with Crippen LogP contribution >= 0.6 is 11.6 Å². The fraction of sp³-hybridized carbons (Fsp3) is 0.600. The maximum absolute atomic E-state index is 9.82. The molecule has 1 atom stereocenters. The van der Waals surface area contributed by atoms with Gasteiger partial charge in [0.15, 0.2) is 0 Å². The molecule has 5 heteroatoms. The van der Waals surface area contributed by atoms with Crippen LogP contribution in [0.2, 0.25) is 5.02 Å². The van der Waals surface area contributed by atoms with Gasteiger partial charge in [0.05, 0.1) is 0 Å². The predicted molar refractivity (Wildman–Crippen MR) is 83.6 cm³/mol. The van der Waals surface area contributed by atoms with E-state index in [-0.39, 0.29) is 6.61 Å². The van der Waals surface area contributed by atoms with E-state index >= 15 is 0 Å². The van der Waals surface area contributed by atoms with E-state index in [9.17, 15) is 5.11 Å². The summed E-state index contributed by atoms with van der Waals surface area (Å²) in [5.74, 6) is 0.719. The minimum absolute atomic E-state index is 0.278. The highest BCUT2D eigenvalue weighted by molar-refractivity contribution is 6.30. The standard InChI is InChI=1S/C15H25ClN2O2/c1-3-18(4-2)10-9-17-11-14(19)12-20-15-7-5-13(16)6-8-15/h5-8,14,17,19H,3-4,9-12H2,1-2H3. The van der Waals surface area contributed by atoms with Gasteiger partial charge in [0.1, 0.15) is 18.5 Å². The molecule has 0 heterocycles. The van der Waals surface area contributed by atoms with Crippen LogP contribution in [-0.4, -0.2) is 55.4 Å². The summed E-state index contributed by atoms with van der Waals surface area (Å²) in [4.78, 5) is 2.34. The van der Waals surface area contributed by atoms with Gasteiger partial charge in [0.2, 0.25) is 0 Å². The van der Waals surface area contributed by atoms with Crippen molar-refractivity contribution in [3.8, 4) is 5.75 Å². The number of benzene rings is 1. The van der Waals surface area contributed by atoms with Crippen LogP contribution in [0.3, 0.4) is 0 Å². The second kappa shape index (κ2) is 10.00. The van der Waals surface area contributed by atoms with E-state index < -0.39 is 6.10 Å². The molecule has 1 rings (SSSR count). The molecule has 0 spiro atoms. The fourth-order valence-corrected chi connectivity index (χ4v) is 1.95. The Hall–Kier alpha value is -0.810. The van der Waals surface area contributed by atoms with Crippen molar-refractivity contribution in [2.24, 2.45) is 0 Å². The third-order valence-corrected chi connectivity index (χ3v) is 3.39. The van der Waals surface area contributed by atoms with Gasteiger partial charge in [-0.1, -0.05) is 25.4 Å². The Bertz CT molecular complexity index is 355. The van der Waals surface area contributed by atoms with Gasteiger partial charge in [0, 0.05) is 24.7 Å². The van der Waals surface area contributed by atoms with Crippen LogP contribution in [0.5, 0.6) is 5.75 Å². The van der Waals surface area contributed by atoms with Crippen molar-refractivity contribution in [1.29, 1.82) is 0 Å². The van der Waals surface area contributed by atoms with Gasteiger partial charge < -0.3 is 20.1 Å². The zero-order valence-corrected chi connectivity index (χ0v) is 13.1. The van der Waals surface area contributed by atoms with Gasteiger partial charge in [-0.25, -0.2) is 0 Å². The van der Waals surface area contributed by atoms with Crippen molar-refractivity contribution in [3.63, 3.8) is 0 Å². The van der Waals surface area contributed by atoms with E-state index in [2.05, 4.69) is 24.1 Å². The van der Waals surface area contributed by atoms with Crippen LogP contribution in [-0.2, 0) is 0 Å². The Morgan fingerprint density at radius 3 is 2.50 bits per heavy atom. The van der Waals surface area contributed by atoms with Gasteiger partial charge >= 0.3 is 0 Å². The number of hydrogen-bond donors (Lipinski definition) is 2. The van der Waals surface area contributed by atoms with Gasteiger partial charge in [-0.05, 0) is 37.4 Å². The normalized spacial score (nSPS) is 12.7. The number of aliphatic hydroxyl groups excluding tert-OH is 1. The van der Waals surface area contributed by atoms with Crippen molar-refractivity contribution in [2.45, 2.75) is 20.0 Å². The van der Waals surface area contributed by atoms with E-state index in [1.165, 1.54) is 0 Å². The molecule has 0 fully saturated rings. The number of hydrogen-bond acceptors (Lipinski definition) is 4. The summed E-state index contributed by atoms with van der Waals surface area (Å²) >= 11 is 5.79. The molecule has 0 saturated carbocycles. The second-order valence-corrected chi connectivity index (χ2v) is 5.09. The monoisotopic (exact) mass is 300 g/mol. The molecule has 0 aliphatic rings. The molecule has 20 heavy (non-hydrogen) atoms. The zero-order valence-electron chi connectivity index (χ0n) is 12.3. The fourth-order valence-electron chi connectivity index (χ4n) is 1.83. The Morgan fingerprint density at radius 1 is 1.25 bits per heavy atom. The topological polar surface area (TPSA) is 44.7 Å². The summed E-state index contributed by atoms with van der Waals surface area (Å²) in [5.41, 5.74) is 0. The SMILES string of the molecule is CCN(CC)CCNCC(O)COc1ccc(Cl)cc1. The lowest BCUT2D eigenvalue weighted by Gasteiger charge is -2.19. The highest BCUT2D eigenvalue weighted by Gasteiger charge is 2.05. The molecule has 114 valence electrons. The van der Waals surface area contributed by atoms with Gasteiger partial charge in [-0.2, -0.15) is 0 Å². The molecule has 0 aromatic heterocycles. The lowest BCUT2D eigenvalue weighted by Crippen LogP contribution is -2.37. The molecule has 4 nitrogen and oxygen atoms in total. The molecule has 0 radical (unpaired) electrons. The summed E-state index contributed by atoms with van der Waals surface area (Å²) in [6.45, 7) is 9.10. The molecule has 0 aliphatic heterocycles. The van der Waals surface area contributed by atoms with Crippen LogP contribution in [0.1, 0.15) is 13.8 Å². The summed E-state index contributed by atoms with van der Waals surface area (Å²) in [5, 5.41) is 13.7. The number of nitrogens with zero attached hydrogens (tertiary/aromatic N) is 1. The highest BCUT2D eigenvalue weighted by Crippen LogP contribution is 2.15. The van der Waals surface area contributed by atoms with Crippen molar-refractivity contribution in [3.05, 3.63) is 29.3 Å². The highest BCUT2D eigenvalue weighted by atomic mass is 35.5. The number of halogens is 1. The molecule has 1 unspecified atom stereocenters. The van der Waals surface area contributed by atoms with E-state index in [1.807, 2.05) is 0 Å². The molecule has 0 aliphatic carbocycles. The summed E-state index contributed by atoms with van der Waals surface area (Å²) in [6, 6.07) is 7.13. The van der Waals surface area contributed by atoms with Crippen LogP contribution in [0.25, 0.3) is 0 Å². The van der Waals surface area contributed by atoms with Crippen molar-refractivity contribution in [1.82, 2.24) is 10.2 Å². The van der Waals surface area contributed by atoms with Gasteiger partial charge in [-0.3, -0.25) is 0 Å². The second-order valence-electron chi connectivity index (χ2n) is 4.65. The first-order valence-corrected chi connectivity index (χ1v) is 7.53. The Morgan fingerprint density at radius 2 is 1.90 bits per heavy atom. The molecule has 0 saturated heterocycles. The number of aliphatic hydroxyl groups is 1. The Kier molecular flexibility index (Phi) is 8.62. The largest absolute Gasteiger partial charge is 0.491 e. The van der Waals surface area contributed by atoms with Gasteiger partial charge in [-0.15, -0.1) is 0 Å². The van der Waals surface area contributed by atoms with E-state index in [0.717, 1.165) is 31.9 Å². The van der Waals surface area contributed by atoms with Crippen LogP contribution < -0.4 is 10.1 Å². The number of likely N-dealkylation sites (N-methyl/N-ethyl adjacent to an activating group) is 1. The predicted octanol–water partition coefficient (Wildman–Crippen LogP) is 2.01. The summed E-state index contributed by atoms with van der Waals surface area (Å²) < 4.78 is 5.48. The maximum Gasteiger partial charge on any atom is 0.119 e. The lowest BCUT2D eigenvalue weighted by molar-refractivity contribution is 0.106. The first-order chi connectivity index (χ1) is 9.65. The smallest absolute Gasteiger partial charge is 0.119 e. The molecular weight excluding hydrogens is 276 g/mol. The summed E-state index contributed by atoms with van der Waals surface area (Å²) in [6.07, 6.45) is -0.512. The van der Waals surface area contributed by atoms with E-state index in [0.29, 0.717) is 11.6 Å². The Balaban J connectivity index is 2.11. The summed E-state index contributed by atoms with van der Waals surface area (Å²) in [7, 11) is 0. The van der Waals surface area contributed by atoms with Crippen LogP contribution in [0.15, 0.2) is 24.3 Å².